The van der Waals surface area contributed by atoms with Crippen molar-refractivity contribution in [1.29, 1.82) is 0 Å². The predicted octanol–water partition coefficient (Wildman–Crippen LogP) is 4.09. The van der Waals surface area contributed by atoms with Gasteiger partial charge in [0.25, 0.3) is 0 Å². The Kier molecular flexibility index (Phi) is 5.69. The van der Waals surface area contributed by atoms with Crippen molar-refractivity contribution in [3.8, 4) is 11.5 Å². The van der Waals surface area contributed by atoms with Gasteiger partial charge in [0.05, 0.1) is 4.90 Å². The van der Waals surface area contributed by atoms with Gasteiger partial charge in [-0.15, -0.1) is 11.8 Å². The molecular weight excluding hydrogens is 284 g/mol. The van der Waals surface area contributed by atoms with Gasteiger partial charge in [0.15, 0.2) is 6.61 Å². The first-order chi connectivity index (χ1) is 10.2. The molecule has 0 aliphatic rings. The van der Waals surface area contributed by atoms with Gasteiger partial charge < -0.3 is 9.47 Å². The average molecular weight is 302 g/mol. The van der Waals surface area contributed by atoms with Crippen molar-refractivity contribution in [3.05, 3.63) is 54.1 Å². The fourth-order valence-electron chi connectivity index (χ4n) is 1.82. The highest BCUT2D eigenvalue weighted by molar-refractivity contribution is 7.99. The molecule has 0 saturated carbocycles. The fourth-order valence-corrected chi connectivity index (χ4v) is 2.55. The molecule has 0 fully saturated rings. The third-order valence-corrected chi connectivity index (χ3v) is 3.75. The van der Waals surface area contributed by atoms with Crippen molar-refractivity contribution >= 4 is 17.7 Å². The number of aryl methyl sites for hydroxylation is 1. The van der Waals surface area contributed by atoms with Gasteiger partial charge in [-0.25, -0.2) is 4.79 Å². The molecule has 2 aromatic carbocycles. The van der Waals surface area contributed by atoms with Crippen LogP contribution < -0.4 is 9.47 Å². The Morgan fingerprint density at radius 2 is 1.71 bits per heavy atom. The Labute approximate surface area is 129 Å². The van der Waals surface area contributed by atoms with Gasteiger partial charge >= 0.3 is 5.97 Å². The van der Waals surface area contributed by atoms with E-state index in [1.165, 1.54) is 0 Å². The lowest BCUT2D eigenvalue weighted by Crippen LogP contribution is -2.18. The normalized spacial score (nSPS) is 10.2. The van der Waals surface area contributed by atoms with Gasteiger partial charge in [0.2, 0.25) is 0 Å². The third-order valence-electron chi connectivity index (χ3n) is 2.81. The summed E-state index contributed by atoms with van der Waals surface area (Å²) in [6, 6.07) is 15.1. The number of thioether (sulfide) groups is 1. The van der Waals surface area contributed by atoms with Crippen LogP contribution in [0.5, 0.6) is 11.5 Å². The van der Waals surface area contributed by atoms with E-state index in [1.54, 1.807) is 17.8 Å². The highest BCUT2D eigenvalue weighted by Crippen LogP contribution is 2.28. The molecule has 0 amide bonds. The minimum atomic E-state index is -0.401. The molecular formula is C17H18O3S. The summed E-state index contributed by atoms with van der Waals surface area (Å²) in [7, 11) is 0. The molecule has 0 aliphatic heterocycles. The van der Waals surface area contributed by atoms with E-state index in [2.05, 4.69) is 6.92 Å². The smallest absolute Gasteiger partial charge is 0.349 e. The van der Waals surface area contributed by atoms with E-state index < -0.39 is 5.97 Å². The molecule has 0 bridgehead atoms. The van der Waals surface area contributed by atoms with Crippen LogP contribution in [0.3, 0.4) is 0 Å². The average Bonchev–Trinajstić information content (AvgIpc) is 2.49. The zero-order valence-corrected chi connectivity index (χ0v) is 13.0. The van der Waals surface area contributed by atoms with Gasteiger partial charge in [0, 0.05) is 0 Å². The quantitative estimate of drug-likeness (QED) is 0.457. The lowest BCUT2D eigenvalue weighted by molar-refractivity contribution is -0.136. The summed E-state index contributed by atoms with van der Waals surface area (Å²) in [5.74, 6) is 1.81. The molecule has 0 aliphatic carbocycles. The van der Waals surface area contributed by atoms with Gasteiger partial charge in [-0.1, -0.05) is 37.3 Å². The van der Waals surface area contributed by atoms with Crippen LogP contribution >= 0.6 is 11.8 Å². The van der Waals surface area contributed by atoms with E-state index in [4.69, 9.17) is 9.47 Å². The van der Waals surface area contributed by atoms with Crippen LogP contribution in [-0.4, -0.2) is 18.3 Å². The Morgan fingerprint density at radius 3 is 2.43 bits per heavy atom. The first-order valence-electron chi connectivity index (χ1n) is 6.81. The summed E-state index contributed by atoms with van der Waals surface area (Å²) >= 11 is 1.64. The standard InChI is InChI=1S/C17H18O3S/c1-3-21-16-11-7-6-10-15(16)20-17(18)12-19-14-9-5-4-8-13(14)2/h4-11H,3,12H2,1-2H3. The number of benzene rings is 2. The van der Waals surface area contributed by atoms with Crippen LogP contribution in [0.4, 0.5) is 0 Å². The minimum Gasteiger partial charge on any atom is -0.482 e. The zero-order valence-electron chi connectivity index (χ0n) is 12.2. The number of esters is 1. The largest absolute Gasteiger partial charge is 0.482 e. The summed E-state index contributed by atoms with van der Waals surface area (Å²) < 4.78 is 10.9. The molecule has 2 rings (SSSR count). The second kappa shape index (κ2) is 7.74. The topological polar surface area (TPSA) is 35.5 Å². The maximum atomic E-state index is 11.9. The lowest BCUT2D eigenvalue weighted by Gasteiger charge is -2.10. The molecule has 0 N–H and O–H groups in total. The molecule has 0 unspecified atom stereocenters. The van der Waals surface area contributed by atoms with Crippen molar-refractivity contribution in [2.24, 2.45) is 0 Å². The zero-order chi connectivity index (χ0) is 15.1. The minimum absolute atomic E-state index is 0.101. The number of hydrogen-bond donors (Lipinski definition) is 0. The Balaban J connectivity index is 1.95. The van der Waals surface area contributed by atoms with Crippen molar-refractivity contribution in [3.63, 3.8) is 0 Å². The number of rotatable bonds is 6. The van der Waals surface area contributed by atoms with Crippen LogP contribution in [0.2, 0.25) is 0 Å². The fraction of sp³-hybridized carbons (Fsp3) is 0.235. The summed E-state index contributed by atoms with van der Waals surface area (Å²) in [6.45, 7) is 3.90. The number of hydrogen-bond acceptors (Lipinski definition) is 4. The van der Waals surface area contributed by atoms with Crippen LogP contribution in [0.1, 0.15) is 12.5 Å². The van der Waals surface area contributed by atoms with Crippen LogP contribution in [0.15, 0.2) is 53.4 Å². The van der Waals surface area contributed by atoms with Crippen molar-refractivity contribution in [2.45, 2.75) is 18.7 Å². The van der Waals surface area contributed by atoms with E-state index in [-0.39, 0.29) is 6.61 Å². The van der Waals surface area contributed by atoms with Gasteiger partial charge in [0.1, 0.15) is 11.5 Å². The highest BCUT2D eigenvalue weighted by Gasteiger charge is 2.10. The summed E-state index contributed by atoms with van der Waals surface area (Å²) in [4.78, 5) is 12.9. The second-order valence-corrected chi connectivity index (χ2v) is 5.71. The van der Waals surface area contributed by atoms with Crippen molar-refractivity contribution < 1.29 is 14.3 Å². The molecule has 21 heavy (non-hydrogen) atoms. The van der Waals surface area contributed by atoms with E-state index in [1.807, 2.05) is 49.4 Å². The Hall–Kier alpha value is -1.94. The van der Waals surface area contributed by atoms with Gasteiger partial charge in [-0.3, -0.25) is 0 Å². The monoisotopic (exact) mass is 302 g/mol. The first kappa shape index (κ1) is 15.4. The second-order valence-electron chi connectivity index (χ2n) is 4.41. The van der Waals surface area contributed by atoms with Crippen molar-refractivity contribution in [2.75, 3.05) is 12.4 Å². The molecule has 4 heteroatoms. The SMILES string of the molecule is CCSc1ccccc1OC(=O)COc1ccccc1C. The van der Waals surface area contributed by atoms with Crippen LogP contribution in [-0.2, 0) is 4.79 Å². The molecule has 3 nitrogen and oxygen atoms in total. The van der Waals surface area contributed by atoms with Crippen LogP contribution in [0, 0.1) is 6.92 Å². The van der Waals surface area contributed by atoms with E-state index in [9.17, 15) is 4.79 Å². The van der Waals surface area contributed by atoms with Crippen molar-refractivity contribution in [1.82, 2.24) is 0 Å². The molecule has 2 aromatic rings. The first-order valence-corrected chi connectivity index (χ1v) is 7.80. The third kappa shape index (κ3) is 4.53. The molecule has 0 radical (unpaired) electrons. The highest BCUT2D eigenvalue weighted by atomic mass is 32.2. The molecule has 0 saturated heterocycles. The number of ether oxygens (including phenoxy) is 2. The van der Waals surface area contributed by atoms with E-state index in [0.717, 1.165) is 16.2 Å². The van der Waals surface area contributed by atoms with E-state index >= 15 is 0 Å². The summed E-state index contributed by atoms with van der Waals surface area (Å²) in [5.41, 5.74) is 0.993. The number of carbonyl (C=O) groups excluding carboxylic acids is 1. The lowest BCUT2D eigenvalue weighted by atomic mass is 10.2. The molecule has 0 heterocycles. The Morgan fingerprint density at radius 1 is 1.05 bits per heavy atom. The molecule has 110 valence electrons. The molecule has 0 aromatic heterocycles. The predicted molar refractivity (Wildman–Crippen MR) is 85.1 cm³/mol. The van der Waals surface area contributed by atoms with E-state index in [0.29, 0.717) is 11.5 Å². The van der Waals surface area contributed by atoms with Crippen LogP contribution in [0.25, 0.3) is 0 Å². The molecule has 0 spiro atoms. The summed E-state index contributed by atoms with van der Waals surface area (Å²) in [5, 5.41) is 0. The van der Waals surface area contributed by atoms with Gasteiger partial charge in [-0.2, -0.15) is 0 Å². The number of carbonyl (C=O) groups is 1. The maximum absolute atomic E-state index is 11.9. The van der Waals surface area contributed by atoms with Gasteiger partial charge in [-0.05, 0) is 36.4 Å². The Bertz CT molecular complexity index is 610. The molecule has 0 atom stereocenters. The summed E-state index contributed by atoms with van der Waals surface area (Å²) in [6.07, 6.45) is 0. The number of para-hydroxylation sites is 2. The maximum Gasteiger partial charge on any atom is 0.349 e.